The zero-order chi connectivity index (χ0) is 13.5. The molecule has 0 atom stereocenters. The summed E-state index contributed by atoms with van der Waals surface area (Å²) in [5.41, 5.74) is 0. The minimum Gasteiger partial charge on any atom is -0.480 e. The third kappa shape index (κ3) is 5.01. The first kappa shape index (κ1) is 16.3. The molecule has 6 nitrogen and oxygen atoms in total. The second kappa shape index (κ2) is 7.62. The number of carbonyl (C=O) groups is 1. The van der Waals surface area contributed by atoms with Crippen LogP contribution < -0.4 is 0 Å². The first-order chi connectivity index (χ1) is 7.89. The molecule has 17 heavy (non-hydrogen) atoms. The summed E-state index contributed by atoms with van der Waals surface area (Å²) in [5.74, 6) is -1.14. The quantitative estimate of drug-likeness (QED) is 0.668. The maximum absolute atomic E-state index is 12.2. The summed E-state index contributed by atoms with van der Waals surface area (Å²) < 4.78 is 26.7. The van der Waals surface area contributed by atoms with Gasteiger partial charge >= 0.3 is 5.97 Å². The van der Waals surface area contributed by atoms with Gasteiger partial charge in [0.2, 0.25) is 0 Å². The average molecular weight is 266 g/mol. The molecule has 0 aromatic heterocycles. The van der Waals surface area contributed by atoms with Gasteiger partial charge < -0.3 is 5.11 Å². The van der Waals surface area contributed by atoms with Gasteiger partial charge in [-0.1, -0.05) is 20.8 Å². The molecular weight excluding hydrogens is 244 g/mol. The molecule has 0 fully saturated rings. The molecule has 0 saturated carbocycles. The summed E-state index contributed by atoms with van der Waals surface area (Å²) in [7, 11) is -3.65. The van der Waals surface area contributed by atoms with Crippen molar-refractivity contribution < 1.29 is 18.3 Å². The normalized spacial score (nSPS) is 12.3. The summed E-state index contributed by atoms with van der Waals surface area (Å²) in [6.07, 6.45) is 1.42. The number of nitrogens with zero attached hydrogens (tertiary/aromatic N) is 2. The van der Waals surface area contributed by atoms with Gasteiger partial charge in [-0.2, -0.15) is 17.0 Å². The molecule has 0 aromatic carbocycles. The van der Waals surface area contributed by atoms with Gasteiger partial charge in [-0.3, -0.25) is 4.79 Å². The molecule has 1 N–H and O–H groups in total. The van der Waals surface area contributed by atoms with E-state index in [0.717, 1.165) is 4.31 Å². The van der Waals surface area contributed by atoms with Gasteiger partial charge in [-0.05, 0) is 12.8 Å². The highest BCUT2D eigenvalue weighted by Crippen LogP contribution is 2.09. The van der Waals surface area contributed by atoms with E-state index in [1.807, 2.05) is 13.8 Å². The Balaban J connectivity index is 4.94. The van der Waals surface area contributed by atoms with Crippen molar-refractivity contribution in [3.63, 3.8) is 0 Å². The van der Waals surface area contributed by atoms with E-state index in [-0.39, 0.29) is 6.54 Å². The van der Waals surface area contributed by atoms with E-state index in [2.05, 4.69) is 0 Å². The van der Waals surface area contributed by atoms with Crippen LogP contribution in [0.4, 0.5) is 0 Å². The Morgan fingerprint density at radius 3 is 1.82 bits per heavy atom. The van der Waals surface area contributed by atoms with Crippen LogP contribution in [-0.4, -0.2) is 54.3 Å². The van der Waals surface area contributed by atoms with Crippen molar-refractivity contribution in [3.8, 4) is 0 Å². The predicted octanol–water partition coefficient (Wildman–Crippen LogP) is 0.760. The molecule has 0 unspecified atom stereocenters. The van der Waals surface area contributed by atoms with Gasteiger partial charge in [-0.25, -0.2) is 0 Å². The molecule has 0 aliphatic heterocycles. The lowest BCUT2D eigenvalue weighted by Crippen LogP contribution is -2.46. The maximum Gasteiger partial charge on any atom is 0.318 e. The van der Waals surface area contributed by atoms with Crippen LogP contribution in [-0.2, 0) is 15.0 Å². The molecule has 0 radical (unpaired) electrons. The van der Waals surface area contributed by atoms with Crippen LogP contribution in [0, 0.1) is 0 Å². The lowest BCUT2D eigenvalue weighted by Gasteiger charge is -2.27. The molecule has 0 rings (SSSR count). The Morgan fingerprint density at radius 1 is 1.06 bits per heavy atom. The lowest BCUT2D eigenvalue weighted by atomic mass is 10.4. The van der Waals surface area contributed by atoms with Gasteiger partial charge in [0, 0.05) is 19.6 Å². The van der Waals surface area contributed by atoms with E-state index in [1.165, 1.54) is 4.31 Å². The van der Waals surface area contributed by atoms with E-state index < -0.39 is 22.7 Å². The zero-order valence-electron chi connectivity index (χ0n) is 10.7. The Morgan fingerprint density at radius 2 is 1.53 bits per heavy atom. The summed E-state index contributed by atoms with van der Waals surface area (Å²) in [5, 5.41) is 8.70. The smallest absolute Gasteiger partial charge is 0.318 e. The van der Waals surface area contributed by atoms with Gasteiger partial charge in [0.1, 0.15) is 6.54 Å². The van der Waals surface area contributed by atoms with E-state index >= 15 is 0 Å². The first-order valence-corrected chi connectivity index (χ1v) is 7.26. The van der Waals surface area contributed by atoms with Gasteiger partial charge in [0.15, 0.2) is 0 Å². The van der Waals surface area contributed by atoms with Crippen molar-refractivity contribution in [1.82, 2.24) is 8.61 Å². The summed E-state index contributed by atoms with van der Waals surface area (Å²) >= 11 is 0. The van der Waals surface area contributed by atoms with Crippen LogP contribution in [0.25, 0.3) is 0 Å². The summed E-state index contributed by atoms with van der Waals surface area (Å²) in [6.45, 7) is 5.95. The third-order valence-electron chi connectivity index (χ3n) is 2.26. The highest BCUT2D eigenvalue weighted by molar-refractivity contribution is 7.86. The topological polar surface area (TPSA) is 77.9 Å². The van der Waals surface area contributed by atoms with Crippen molar-refractivity contribution in [1.29, 1.82) is 0 Å². The zero-order valence-corrected chi connectivity index (χ0v) is 11.5. The molecule has 0 aromatic rings. The fourth-order valence-electron chi connectivity index (χ4n) is 1.51. The van der Waals surface area contributed by atoms with Crippen molar-refractivity contribution in [2.75, 3.05) is 26.2 Å². The molecule has 0 saturated heterocycles. The highest BCUT2D eigenvalue weighted by atomic mass is 32.2. The Labute approximate surface area is 103 Å². The fraction of sp³-hybridized carbons (Fsp3) is 0.900. The Hall–Kier alpha value is -0.660. The fourth-order valence-corrected chi connectivity index (χ4v) is 3.27. The minimum absolute atomic E-state index is 0.165. The molecule has 0 bridgehead atoms. The standard InChI is InChI=1S/C10H22N2O4S/c1-4-7-12(8-5-2)17(15,16)11(6-3)9-10(13)14/h4-9H2,1-3H3,(H,13,14). The van der Waals surface area contributed by atoms with Gasteiger partial charge in [0.25, 0.3) is 10.2 Å². The second-order valence-electron chi connectivity index (χ2n) is 3.73. The summed E-state index contributed by atoms with van der Waals surface area (Å²) in [6, 6.07) is 0. The molecule has 0 aliphatic carbocycles. The van der Waals surface area contributed by atoms with Gasteiger partial charge in [-0.15, -0.1) is 0 Å². The van der Waals surface area contributed by atoms with E-state index in [1.54, 1.807) is 6.92 Å². The Kier molecular flexibility index (Phi) is 7.33. The highest BCUT2D eigenvalue weighted by Gasteiger charge is 2.28. The van der Waals surface area contributed by atoms with Crippen LogP contribution in [0.2, 0.25) is 0 Å². The van der Waals surface area contributed by atoms with Crippen LogP contribution in [0.15, 0.2) is 0 Å². The summed E-state index contributed by atoms with van der Waals surface area (Å²) in [4.78, 5) is 10.6. The number of carboxylic acid groups (broad SMARTS) is 1. The first-order valence-electron chi connectivity index (χ1n) is 5.87. The van der Waals surface area contributed by atoms with E-state index in [9.17, 15) is 13.2 Å². The maximum atomic E-state index is 12.2. The minimum atomic E-state index is -3.65. The van der Waals surface area contributed by atoms with Crippen molar-refractivity contribution in [2.24, 2.45) is 0 Å². The molecule has 0 heterocycles. The lowest BCUT2D eigenvalue weighted by molar-refractivity contribution is -0.137. The van der Waals surface area contributed by atoms with Crippen molar-refractivity contribution in [2.45, 2.75) is 33.6 Å². The SMILES string of the molecule is CCCN(CCC)S(=O)(=O)N(CC)CC(=O)O. The van der Waals surface area contributed by atoms with Crippen molar-refractivity contribution in [3.05, 3.63) is 0 Å². The number of hydrogen-bond acceptors (Lipinski definition) is 3. The second-order valence-corrected chi connectivity index (χ2v) is 5.66. The van der Waals surface area contributed by atoms with Crippen LogP contribution in [0.5, 0.6) is 0 Å². The van der Waals surface area contributed by atoms with Crippen LogP contribution in [0.3, 0.4) is 0 Å². The molecule has 0 aliphatic rings. The number of carboxylic acids is 1. The predicted molar refractivity (Wildman–Crippen MR) is 66.0 cm³/mol. The molecule has 102 valence electrons. The molecule has 0 amide bonds. The third-order valence-corrected chi connectivity index (χ3v) is 4.32. The van der Waals surface area contributed by atoms with Crippen molar-refractivity contribution >= 4 is 16.2 Å². The largest absolute Gasteiger partial charge is 0.480 e. The number of likely N-dealkylation sites (N-methyl/N-ethyl adjacent to an activating group) is 1. The number of rotatable bonds is 9. The monoisotopic (exact) mass is 266 g/mol. The Bertz CT molecular complexity index is 323. The van der Waals surface area contributed by atoms with E-state index in [4.69, 9.17) is 5.11 Å². The molecule has 7 heteroatoms. The van der Waals surface area contributed by atoms with Crippen LogP contribution >= 0.6 is 0 Å². The van der Waals surface area contributed by atoms with E-state index in [0.29, 0.717) is 25.9 Å². The molecule has 0 spiro atoms. The van der Waals surface area contributed by atoms with Gasteiger partial charge in [0.05, 0.1) is 0 Å². The number of aliphatic carboxylic acids is 1. The average Bonchev–Trinajstić information content (AvgIpc) is 2.25. The number of hydrogen-bond donors (Lipinski definition) is 1. The molecular formula is C10H22N2O4S. The van der Waals surface area contributed by atoms with Crippen LogP contribution in [0.1, 0.15) is 33.6 Å².